The van der Waals surface area contributed by atoms with Crippen LogP contribution in [0.4, 0.5) is 0 Å². The largest absolute Gasteiger partial charge is 0.492 e. The molecule has 0 unspecified atom stereocenters. The van der Waals surface area contributed by atoms with Gasteiger partial charge in [0.15, 0.2) is 0 Å². The molecule has 1 N–H and O–H groups in total. The van der Waals surface area contributed by atoms with Gasteiger partial charge in [-0.2, -0.15) is 0 Å². The molecule has 1 fully saturated rings. The predicted molar refractivity (Wildman–Crippen MR) is 85.8 cm³/mol. The van der Waals surface area contributed by atoms with Crippen molar-refractivity contribution in [3.05, 3.63) is 29.8 Å². The van der Waals surface area contributed by atoms with Crippen LogP contribution in [0, 0.1) is 0 Å². The maximum atomic E-state index is 5.83. The molecule has 1 aromatic rings. The summed E-state index contributed by atoms with van der Waals surface area (Å²) in [5.41, 5.74) is 1.29. The van der Waals surface area contributed by atoms with Crippen molar-refractivity contribution < 1.29 is 9.47 Å². The normalized spacial score (nSPS) is 16.3. The zero-order chi connectivity index (χ0) is 14.9. The van der Waals surface area contributed by atoms with Gasteiger partial charge in [-0.3, -0.25) is 4.90 Å². The molecule has 118 valence electrons. The standard InChI is InChI=1S/C17H28N2O2/c1-3-18-14-15-4-6-17(7-5-15)21-13-10-19(2)16-8-11-20-12-9-16/h4-7,16,18H,3,8-14H2,1-2H3. The van der Waals surface area contributed by atoms with Gasteiger partial charge in [-0.15, -0.1) is 0 Å². The first-order valence-electron chi connectivity index (χ1n) is 8.00. The second-order valence-corrected chi connectivity index (χ2v) is 5.60. The Morgan fingerprint density at radius 1 is 1.24 bits per heavy atom. The highest BCUT2D eigenvalue weighted by Gasteiger charge is 2.17. The van der Waals surface area contributed by atoms with E-state index in [9.17, 15) is 0 Å². The molecular formula is C17H28N2O2. The second-order valence-electron chi connectivity index (χ2n) is 5.60. The lowest BCUT2D eigenvalue weighted by atomic mass is 10.1. The van der Waals surface area contributed by atoms with Crippen LogP contribution in [0.25, 0.3) is 0 Å². The van der Waals surface area contributed by atoms with Gasteiger partial charge >= 0.3 is 0 Å². The van der Waals surface area contributed by atoms with Gasteiger partial charge in [-0.25, -0.2) is 0 Å². The maximum absolute atomic E-state index is 5.83. The Kier molecular flexibility index (Phi) is 7.00. The van der Waals surface area contributed by atoms with Crippen LogP contribution in [0.1, 0.15) is 25.3 Å². The average molecular weight is 292 g/mol. The minimum Gasteiger partial charge on any atom is -0.492 e. The fourth-order valence-electron chi connectivity index (χ4n) is 2.59. The monoisotopic (exact) mass is 292 g/mol. The lowest BCUT2D eigenvalue weighted by Gasteiger charge is -2.31. The number of nitrogens with zero attached hydrogens (tertiary/aromatic N) is 1. The van der Waals surface area contributed by atoms with E-state index in [-0.39, 0.29) is 0 Å². The molecule has 4 heteroatoms. The Bertz CT molecular complexity index is 388. The summed E-state index contributed by atoms with van der Waals surface area (Å²) in [5.74, 6) is 0.954. The minimum atomic E-state index is 0.643. The average Bonchev–Trinajstić information content (AvgIpc) is 2.55. The molecule has 0 radical (unpaired) electrons. The third kappa shape index (κ3) is 5.65. The van der Waals surface area contributed by atoms with E-state index in [0.29, 0.717) is 6.04 Å². The molecular weight excluding hydrogens is 264 g/mol. The summed E-state index contributed by atoms with van der Waals surface area (Å²) >= 11 is 0. The van der Waals surface area contributed by atoms with Crippen molar-refractivity contribution in [2.24, 2.45) is 0 Å². The lowest BCUT2D eigenvalue weighted by Crippen LogP contribution is -2.38. The van der Waals surface area contributed by atoms with Gasteiger partial charge in [0.2, 0.25) is 0 Å². The summed E-state index contributed by atoms with van der Waals surface area (Å²) in [6.45, 7) is 7.52. The SMILES string of the molecule is CCNCc1ccc(OCCN(C)C2CCOCC2)cc1. The van der Waals surface area contributed by atoms with Gasteiger partial charge in [0.1, 0.15) is 12.4 Å². The van der Waals surface area contributed by atoms with Crippen molar-refractivity contribution in [1.29, 1.82) is 0 Å². The molecule has 1 saturated heterocycles. The fraction of sp³-hybridized carbons (Fsp3) is 0.647. The predicted octanol–water partition coefficient (Wildman–Crippen LogP) is 2.29. The molecule has 2 rings (SSSR count). The van der Waals surface area contributed by atoms with Crippen LogP contribution in [0.3, 0.4) is 0 Å². The summed E-state index contributed by atoms with van der Waals surface area (Å²) in [5, 5.41) is 3.32. The van der Waals surface area contributed by atoms with Crippen LogP contribution >= 0.6 is 0 Å². The molecule has 0 atom stereocenters. The smallest absolute Gasteiger partial charge is 0.119 e. The zero-order valence-corrected chi connectivity index (χ0v) is 13.3. The van der Waals surface area contributed by atoms with E-state index in [0.717, 1.165) is 58.0 Å². The molecule has 21 heavy (non-hydrogen) atoms. The second kappa shape index (κ2) is 9.03. The van der Waals surface area contributed by atoms with E-state index < -0.39 is 0 Å². The Hall–Kier alpha value is -1.10. The highest BCUT2D eigenvalue weighted by atomic mass is 16.5. The Morgan fingerprint density at radius 3 is 2.62 bits per heavy atom. The van der Waals surface area contributed by atoms with Crippen molar-refractivity contribution in [2.45, 2.75) is 32.4 Å². The summed E-state index contributed by atoms with van der Waals surface area (Å²) < 4.78 is 11.2. The highest BCUT2D eigenvalue weighted by molar-refractivity contribution is 5.27. The molecule has 0 aliphatic carbocycles. The van der Waals surface area contributed by atoms with Gasteiger partial charge in [0, 0.05) is 32.3 Å². The van der Waals surface area contributed by atoms with Crippen molar-refractivity contribution >= 4 is 0 Å². The van der Waals surface area contributed by atoms with E-state index in [1.165, 1.54) is 5.56 Å². The van der Waals surface area contributed by atoms with E-state index in [1.54, 1.807) is 0 Å². The van der Waals surface area contributed by atoms with Crippen molar-refractivity contribution in [3.8, 4) is 5.75 Å². The van der Waals surface area contributed by atoms with E-state index in [4.69, 9.17) is 9.47 Å². The topological polar surface area (TPSA) is 33.7 Å². The number of benzene rings is 1. The highest BCUT2D eigenvalue weighted by Crippen LogP contribution is 2.14. The quantitative estimate of drug-likeness (QED) is 0.797. The van der Waals surface area contributed by atoms with Crippen LogP contribution in [-0.2, 0) is 11.3 Å². The van der Waals surface area contributed by atoms with Gasteiger partial charge in [0.05, 0.1) is 0 Å². The summed E-state index contributed by atoms with van der Waals surface area (Å²) in [7, 11) is 2.18. The molecule has 4 nitrogen and oxygen atoms in total. The van der Waals surface area contributed by atoms with Crippen LogP contribution in [0.15, 0.2) is 24.3 Å². The molecule has 1 aliphatic rings. The zero-order valence-electron chi connectivity index (χ0n) is 13.3. The van der Waals surface area contributed by atoms with Crippen LogP contribution in [0.5, 0.6) is 5.75 Å². The van der Waals surface area contributed by atoms with Crippen LogP contribution in [0.2, 0.25) is 0 Å². The number of hydrogen-bond acceptors (Lipinski definition) is 4. The van der Waals surface area contributed by atoms with Crippen molar-refractivity contribution in [2.75, 3.05) is 40.0 Å². The number of likely N-dealkylation sites (N-methyl/N-ethyl adjacent to an activating group) is 1. The van der Waals surface area contributed by atoms with Gasteiger partial charge < -0.3 is 14.8 Å². The molecule has 0 amide bonds. The molecule has 1 aromatic carbocycles. The number of nitrogens with one attached hydrogen (secondary N) is 1. The number of rotatable bonds is 8. The van der Waals surface area contributed by atoms with Gasteiger partial charge in [0.25, 0.3) is 0 Å². The minimum absolute atomic E-state index is 0.643. The van der Waals surface area contributed by atoms with Crippen molar-refractivity contribution in [1.82, 2.24) is 10.2 Å². The first-order chi connectivity index (χ1) is 10.3. The van der Waals surface area contributed by atoms with Gasteiger partial charge in [-0.05, 0) is 44.1 Å². The van der Waals surface area contributed by atoms with E-state index in [2.05, 4.69) is 48.5 Å². The van der Waals surface area contributed by atoms with Gasteiger partial charge in [-0.1, -0.05) is 19.1 Å². The molecule has 0 spiro atoms. The third-order valence-electron chi connectivity index (χ3n) is 4.03. The Morgan fingerprint density at radius 2 is 1.95 bits per heavy atom. The maximum Gasteiger partial charge on any atom is 0.119 e. The number of ether oxygens (including phenoxy) is 2. The molecule has 0 saturated carbocycles. The molecule has 1 aliphatic heterocycles. The Labute approximate surface area is 128 Å². The first-order valence-corrected chi connectivity index (χ1v) is 8.00. The molecule has 0 aromatic heterocycles. The lowest BCUT2D eigenvalue weighted by molar-refractivity contribution is 0.0392. The van der Waals surface area contributed by atoms with E-state index in [1.807, 2.05) is 0 Å². The van der Waals surface area contributed by atoms with Crippen LogP contribution < -0.4 is 10.1 Å². The van der Waals surface area contributed by atoms with Crippen molar-refractivity contribution in [3.63, 3.8) is 0 Å². The molecule has 0 bridgehead atoms. The first kappa shape index (κ1) is 16.3. The summed E-state index contributed by atoms with van der Waals surface area (Å²) in [6.07, 6.45) is 2.27. The fourth-order valence-corrected chi connectivity index (χ4v) is 2.59. The summed E-state index contributed by atoms with van der Waals surface area (Å²) in [6, 6.07) is 9.01. The Balaban J connectivity index is 1.67. The number of hydrogen-bond donors (Lipinski definition) is 1. The molecule has 1 heterocycles. The van der Waals surface area contributed by atoms with Crippen LogP contribution in [-0.4, -0.2) is 50.9 Å². The third-order valence-corrected chi connectivity index (χ3v) is 4.03. The summed E-state index contributed by atoms with van der Waals surface area (Å²) in [4.78, 5) is 2.39. The van der Waals surface area contributed by atoms with E-state index >= 15 is 0 Å².